The van der Waals surface area contributed by atoms with E-state index < -0.39 is 0 Å². The first-order chi connectivity index (χ1) is 9.19. The molecule has 0 aliphatic carbocycles. The van der Waals surface area contributed by atoms with Crippen molar-refractivity contribution in [2.45, 2.75) is 27.2 Å². The molecule has 2 heterocycles. The van der Waals surface area contributed by atoms with E-state index in [-0.39, 0.29) is 0 Å². The molecule has 0 radical (unpaired) electrons. The molecule has 3 rings (SSSR count). The summed E-state index contributed by atoms with van der Waals surface area (Å²) in [6, 6.07) is 10.1. The molecule has 4 heteroatoms. The molecule has 0 saturated heterocycles. The van der Waals surface area contributed by atoms with E-state index >= 15 is 0 Å². The van der Waals surface area contributed by atoms with E-state index in [4.69, 9.17) is 0 Å². The lowest BCUT2D eigenvalue weighted by molar-refractivity contribution is 0.883. The highest BCUT2D eigenvalue weighted by atomic mass is 15.1. The minimum Gasteiger partial charge on any atom is -0.280 e. The van der Waals surface area contributed by atoms with Crippen LogP contribution in [0, 0.1) is 13.8 Å². The zero-order valence-electron chi connectivity index (χ0n) is 11.4. The summed E-state index contributed by atoms with van der Waals surface area (Å²) in [5.41, 5.74) is 3.13. The van der Waals surface area contributed by atoms with Gasteiger partial charge >= 0.3 is 0 Å². The molecule has 4 nitrogen and oxygen atoms in total. The van der Waals surface area contributed by atoms with Gasteiger partial charge in [-0.2, -0.15) is 0 Å². The van der Waals surface area contributed by atoms with Crippen LogP contribution in [0.4, 0.5) is 0 Å². The normalized spacial score (nSPS) is 11.1. The number of rotatable bonds is 2. The Labute approximate surface area is 112 Å². The van der Waals surface area contributed by atoms with Crippen LogP contribution in [0.5, 0.6) is 0 Å². The number of fused-ring (bicyclic) bond motifs is 1. The average molecular weight is 252 g/mol. The van der Waals surface area contributed by atoms with Crippen LogP contribution in [-0.2, 0) is 6.42 Å². The first kappa shape index (κ1) is 11.8. The largest absolute Gasteiger partial charge is 0.280 e. The summed E-state index contributed by atoms with van der Waals surface area (Å²) in [6.45, 7) is 6.03. The molecule has 96 valence electrons. The number of nitrogens with zero attached hydrogens (tertiary/aromatic N) is 4. The molecule has 0 aliphatic rings. The summed E-state index contributed by atoms with van der Waals surface area (Å²) in [7, 11) is 0. The van der Waals surface area contributed by atoms with Gasteiger partial charge < -0.3 is 0 Å². The van der Waals surface area contributed by atoms with Crippen LogP contribution in [0.15, 0.2) is 30.3 Å². The smallest absolute Gasteiger partial charge is 0.142 e. The fraction of sp³-hybridized carbons (Fsp3) is 0.267. The van der Waals surface area contributed by atoms with Gasteiger partial charge in [0.15, 0.2) is 0 Å². The van der Waals surface area contributed by atoms with Gasteiger partial charge in [-0.1, -0.05) is 19.1 Å². The number of benzene rings is 1. The highest BCUT2D eigenvalue weighted by molar-refractivity contribution is 5.77. The Bertz CT molecular complexity index is 743. The van der Waals surface area contributed by atoms with E-state index in [2.05, 4.69) is 32.5 Å². The van der Waals surface area contributed by atoms with Crippen molar-refractivity contribution in [1.29, 1.82) is 0 Å². The highest BCUT2D eigenvalue weighted by Gasteiger charge is 2.11. The molecule has 0 saturated carbocycles. The summed E-state index contributed by atoms with van der Waals surface area (Å²) in [5.74, 6) is 2.64. The van der Waals surface area contributed by atoms with E-state index in [1.54, 1.807) is 0 Å². The Morgan fingerprint density at radius 3 is 2.63 bits per heavy atom. The standard InChI is InChI=1S/C15H16N4/c1-4-12-9-15(17-10(2)16-12)19-11(3)18-13-7-5-6-8-14(13)19/h5-9H,4H2,1-3H3. The van der Waals surface area contributed by atoms with E-state index in [1.165, 1.54) is 0 Å². The fourth-order valence-corrected chi connectivity index (χ4v) is 2.34. The van der Waals surface area contributed by atoms with Gasteiger partial charge in [0.1, 0.15) is 17.5 Å². The minimum atomic E-state index is 0.798. The second-order valence-corrected chi connectivity index (χ2v) is 4.60. The molecule has 0 bridgehead atoms. The Hall–Kier alpha value is -2.23. The monoisotopic (exact) mass is 252 g/mol. The quantitative estimate of drug-likeness (QED) is 0.704. The number of para-hydroxylation sites is 2. The number of hydrogen-bond donors (Lipinski definition) is 0. The van der Waals surface area contributed by atoms with E-state index in [0.29, 0.717) is 0 Å². The lowest BCUT2D eigenvalue weighted by Gasteiger charge is -2.08. The Morgan fingerprint density at radius 2 is 1.84 bits per heavy atom. The van der Waals surface area contributed by atoms with Gasteiger partial charge in [-0.05, 0) is 32.4 Å². The fourth-order valence-electron chi connectivity index (χ4n) is 2.34. The van der Waals surface area contributed by atoms with Crippen LogP contribution < -0.4 is 0 Å². The van der Waals surface area contributed by atoms with Gasteiger partial charge in [-0.15, -0.1) is 0 Å². The molecule has 2 aromatic heterocycles. The van der Waals surface area contributed by atoms with Gasteiger partial charge in [0.05, 0.1) is 11.0 Å². The molecule has 1 aromatic carbocycles. The van der Waals surface area contributed by atoms with Crippen LogP contribution in [0.2, 0.25) is 0 Å². The molecule has 0 fully saturated rings. The van der Waals surface area contributed by atoms with Gasteiger partial charge in [0, 0.05) is 11.8 Å². The molecule has 0 N–H and O–H groups in total. The summed E-state index contributed by atoms with van der Waals surface area (Å²) in [4.78, 5) is 13.6. The van der Waals surface area contributed by atoms with E-state index in [9.17, 15) is 0 Å². The molecule has 0 unspecified atom stereocenters. The van der Waals surface area contributed by atoms with Crippen molar-refractivity contribution < 1.29 is 0 Å². The van der Waals surface area contributed by atoms with E-state index in [1.807, 2.05) is 38.1 Å². The van der Waals surface area contributed by atoms with Gasteiger partial charge in [0.2, 0.25) is 0 Å². The second kappa shape index (κ2) is 4.46. The molecular formula is C15H16N4. The Morgan fingerprint density at radius 1 is 1.05 bits per heavy atom. The van der Waals surface area contributed by atoms with Crippen LogP contribution in [0.25, 0.3) is 16.9 Å². The van der Waals surface area contributed by atoms with Crippen LogP contribution in [0.3, 0.4) is 0 Å². The maximum Gasteiger partial charge on any atom is 0.142 e. The highest BCUT2D eigenvalue weighted by Crippen LogP contribution is 2.20. The summed E-state index contributed by atoms with van der Waals surface area (Å²) < 4.78 is 2.09. The molecule has 0 amide bonds. The molecule has 3 aromatic rings. The Balaban J connectivity index is 2.29. The Kier molecular flexibility index (Phi) is 2.78. The third kappa shape index (κ3) is 1.99. The molecule has 19 heavy (non-hydrogen) atoms. The first-order valence-electron chi connectivity index (χ1n) is 6.48. The summed E-state index contributed by atoms with van der Waals surface area (Å²) in [5, 5.41) is 0. The first-order valence-corrected chi connectivity index (χ1v) is 6.48. The van der Waals surface area contributed by atoms with Crippen molar-refractivity contribution in [3.05, 3.63) is 47.7 Å². The second-order valence-electron chi connectivity index (χ2n) is 4.60. The molecule has 0 aliphatic heterocycles. The lowest BCUT2D eigenvalue weighted by atomic mass is 10.3. The van der Waals surface area contributed by atoms with Crippen molar-refractivity contribution in [2.24, 2.45) is 0 Å². The van der Waals surface area contributed by atoms with Crippen LogP contribution >= 0.6 is 0 Å². The topological polar surface area (TPSA) is 43.6 Å². The molecular weight excluding hydrogens is 236 g/mol. The van der Waals surface area contributed by atoms with Gasteiger partial charge in [-0.3, -0.25) is 4.57 Å². The maximum atomic E-state index is 4.58. The number of aromatic nitrogens is 4. The van der Waals surface area contributed by atoms with Crippen molar-refractivity contribution >= 4 is 11.0 Å². The predicted octanol–water partition coefficient (Wildman–Crippen LogP) is 2.99. The van der Waals surface area contributed by atoms with Gasteiger partial charge in [-0.25, -0.2) is 15.0 Å². The average Bonchev–Trinajstić information content (AvgIpc) is 2.73. The zero-order valence-corrected chi connectivity index (χ0v) is 11.4. The molecule has 0 atom stereocenters. The third-order valence-corrected chi connectivity index (χ3v) is 3.20. The maximum absolute atomic E-state index is 4.58. The lowest BCUT2D eigenvalue weighted by Crippen LogP contribution is -2.04. The number of aryl methyl sites for hydroxylation is 3. The molecule has 0 spiro atoms. The van der Waals surface area contributed by atoms with E-state index in [0.717, 1.165) is 40.6 Å². The van der Waals surface area contributed by atoms with Crippen LogP contribution in [-0.4, -0.2) is 19.5 Å². The predicted molar refractivity (Wildman–Crippen MR) is 75.5 cm³/mol. The number of imidazole rings is 1. The van der Waals surface area contributed by atoms with Crippen LogP contribution in [0.1, 0.15) is 24.3 Å². The zero-order chi connectivity index (χ0) is 13.4. The number of hydrogen-bond acceptors (Lipinski definition) is 3. The SMILES string of the molecule is CCc1cc(-n2c(C)nc3ccccc32)nc(C)n1. The summed E-state index contributed by atoms with van der Waals surface area (Å²) >= 11 is 0. The van der Waals surface area contributed by atoms with Crippen molar-refractivity contribution in [3.63, 3.8) is 0 Å². The van der Waals surface area contributed by atoms with Crippen molar-refractivity contribution in [3.8, 4) is 5.82 Å². The van der Waals surface area contributed by atoms with Gasteiger partial charge in [0.25, 0.3) is 0 Å². The van der Waals surface area contributed by atoms with Crippen molar-refractivity contribution in [2.75, 3.05) is 0 Å². The summed E-state index contributed by atoms with van der Waals surface area (Å²) in [6.07, 6.45) is 0.905. The minimum absolute atomic E-state index is 0.798. The third-order valence-electron chi connectivity index (χ3n) is 3.20. The van der Waals surface area contributed by atoms with Crippen molar-refractivity contribution in [1.82, 2.24) is 19.5 Å².